The fourth-order valence-corrected chi connectivity index (χ4v) is 6.53. The average Bonchev–Trinajstić information content (AvgIpc) is 2.99. The third-order valence-corrected chi connectivity index (χ3v) is 8.71. The Morgan fingerprint density at radius 3 is 2.35 bits per heavy atom. The molecule has 0 bridgehead atoms. The van der Waals surface area contributed by atoms with E-state index in [-0.39, 0.29) is 17.9 Å². The van der Waals surface area contributed by atoms with E-state index < -0.39 is 11.7 Å². The summed E-state index contributed by atoms with van der Waals surface area (Å²) in [6.07, 6.45) is -2.66. The van der Waals surface area contributed by atoms with Gasteiger partial charge < -0.3 is 14.7 Å². The highest BCUT2D eigenvalue weighted by Crippen LogP contribution is 2.37. The van der Waals surface area contributed by atoms with Crippen LogP contribution in [0.5, 0.6) is 0 Å². The van der Waals surface area contributed by atoms with Crippen molar-refractivity contribution in [1.29, 1.82) is 0 Å². The molecule has 3 aromatic rings. The van der Waals surface area contributed by atoms with Gasteiger partial charge in [0.2, 0.25) is 5.91 Å². The predicted molar refractivity (Wildman–Crippen MR) is 152 cm³/mol. The van der Waals surface area contributed by atoms with Crippen LogP contribution in [0.2, 0.25) is 0 Å². The predicted octanol–water partition coefficient (Wildman–Crippen LogP) is 4.96. The molecule has 6 rings (SSSR count). The number of carbonyl (C=O) groups excluding carboxylic acids is 1. The van der Waals surface area contributed by atoms with Gasteiger partial charge in [0.05, 0.1) is 17.5 Å². The molecule has 2 atom stereocenters. The van der Waals surface area contributed by atoms with Crippen molar-refractivity contribution in [2.24, 2.45) is 5.92 Å². The van der Waals surface area contributed by atoms with Crippen LogP contribution in [0.1, 0.15) is 16.7 Å². The van der Waals surface area contributed by atoms with Gasteiger partial charge in [-0.15, -0.1) is 0 Å². The number of para-hydroxylation sites is 1. The molecule has 3 aromatic carbocycles. The average molecular weight is 549 g/mol. The number of rotatable bonds is 5. The van der Waals surface area contributed by atoms with Crippen molar-refractivity contribution < 1.29 is 18.0 Å². The maximum absolute atomic E-state index is 14.0. The van der Waals surface area contributed by atoms with Crippen LogP contribution in [0.25, 0.3) is 0 Å². The van der Waals surface area contributed by atoms with Gasteiger partial charge in [-0.1, -0.05) is 54.6 Å². The quantitative estimate of drug-likeness (QED) is 0.451. The van der Waals surface area contributed by atoms with Crippen LogP contribution >= 0.6 is 0 Å². The lowest BCUT2D eigenvalue weighted by molar-refractivity contribution is -0.138. The second-order valence-corrected chi connectivity index (χ2v) is 11.1. The van der Waals surface area contributed by atoms with Gasteiger partial charge in [0.1, 0.15) is 0 Å². The van der Waals surface area contributed by atoms with Gasteiger partial charge in [-0.3, -0.25) is 9.69 Å². The van der Waals surface area contributed by atoms with Gasteiger partial charge in [-0.25, -0.2) is 0 Å². The molecule has 0 spiro atoms. The molecule has 210 valence electrons. The molecule has 1 amide bonds. The molecule has 3 aliphatic rings. The minimum absolute atomic E-state index is 0.105. The molecule has 0 aromatic heterocycles. The second kappa shape index (κ2) is 11.2. The summed E-state index contributed by atoms with van der Waals surface area (Å²) in [6, 6.07) is 24.5. The van der Waals surface area contributed by atoms with Crippen molar-refractivity contribution in [2.75, 3.05) is 62.2 Å². The third-order valence-electron chi connectivity index (χ3n) is 8.71. The summed E-state index contributed by atoms with van der Waals surface area (Å²) in [6.45, 7) is 5.74. The first kappa shape index (κ1) is 26.7. The number of halogens is 3. The molecule has 0 N–H and O–H groups in total. The van der Waals surface area contributed by atoms with Crippen LogP contribution < -0.4 is 9.80 Å². The van der Waals surface area contributed by atoms with Gasteiger partial charge in [0.25, 0.3) is 0 Å². The molecule has 0 radical (unpaired) electrons. The third kappa shape index (κ3) is 5.55. The van der Waals surface area contributed by atoms with E-state index in [0.29, 0.717) is 31.9 Å². The van der Waals surface area contributed by atoms with E-state index in [0.717, 1.165) is 45.1 Å². The van der Waals surface area contributed by atoms with E-state index in [1.165, 1.54) is 28.9 Å². The van der Waals surface area contributed by atoms with Crippen LogP contribution in [-0.2, 0) is 23.8 Å². The number of carbonyl (C=O) groups is 1. The molecule has 3 aliphatic heterocycles. The number of anilines is 2. The van der Waals surface area contributed by atoms with Crippen LogP contribution in [-0.4, -0.2) is 74.1 Å². The number of hydrogen-bond donors (Lipinski definition) is 0. The summed E-state index contributed by atoms with van der Waals surface area (Å²) in [5.41, 5.74) is 3.70. The molecule has 0 saturated carbocycles. The lowest BCUT2D eigenvalue weighted by atomic mass is 9.83. The Morgan fingerprint density at radius 2 is 1.57 bits per heavy atom. The van der Waals surface area contributed by atoms with E-state index in [2.05, 4.69) is 52.3 Å². The van der Waals surface area contributed by atoms with Crippen LogP contribution in [0.4, 0.5) is 24.5 Å². The number of benzene rings is 3. The lowest BCUT2D eigenvalue weighted by Crippen LogP contribution is -2.62. The molecule has 0 aliphatic carbocycles. The van der Waals surface area contributed by atoms with Crippen molar-refractivity contribution in [3.8, 4) is 0 Å². The molecule has 3 heterocycles. The Labute approximate surface area is 233 Å². The summed E-state index contributed by atoms with van der Waals surface area (Å²) in [5.74, 6) is 0.0210. The number of amides is 1. The standard InChI is InChI=1S/C32H35F3N4O/c33-32(34,35)26-10-6-11-27(22-26)37-16-18-38(19-17-37)31(40)28-21-25-9-4-5-12-29(25)39-20-15-36(23-30(28)39)14-13-24-7-2-1-3-8-24/h1-12,22,28,30H,13-21,23H2. The number of nitrogens with zero attached hydrogens (tertiary/aromatic N) is 4. The Bertz CT molecular complexity index is 1320. The van der Waals surface area contributed by atoms with Crippen molar-refractivity contribution in [1.82, 2.24) is 9.80 Å². The van der Waals surface area contributed by atoms with E-state index in [9.17, 15) is 18.0 Å². The number of fused-ring (bicyclic) bond motifs is 3. The molecule has 2 saturated heterocycles. The van der Waals surface area contributed by atoms with Crippen molar-refractivity contribution >= 4 is 17.3 Å². The highest BCUT2D eigenvalue weighted by molar-refractivity contribution is 5.82. The van der Waals surface area contributed by atoms with Crippen LogP contribution in [0.15, 0.2) is 78.9 Å². The number of hydrogen-bond acceptors (Lipinski definition) is 4. The summed E-state index contributed by atoms with van der Waals surface area (Å²) < 4.78 is 39.7. The Hall–Kier alpha value is -3.52. The molecular formula is C32H35F3N4O. The second-order valence-electron chi connectivity index (χ2n) is 11.1. The number of piperazine rings is 2. The van der Waals surface area contributed by atoms with Gasteiger partial charge in [0, 0.05) is 63.7 Å². The van der Waals surface area contributed by atoms with Crippen LogP contribution in [0.3, 0.4) is 0 Å². The van der Waals surface area contributed by atoms with Crippen molar-refractivity contribution in [3.63, 3.8) is 0 Å². The first-order chi connectivity index (χ1) is 19.4. The first-order valence-electron chi connectivity index (χ1n) is 14.2. The highest BCUT2D eigenvalue weighted by atomic mass is 19.4. The normalized spacial score (nSPS) is 21.6. The molecule has 8 heteroatoms. The van der Waals surface area contributed by atoms with Crippen molar-refractivity contribution in [3.05, 3.63) is 95.6 Å². The van der Waals surface area contributed by atoms with Gasteiger partial charge >= 0.3 is 6.18 Å². The summed E-state index contributed by atoms with van der Waals surface area (Å²) in [7, 11) is 0. The monoisotopic (exact) mass is 548 g/mol. The first-order valence-corrected chi connectivity index (χ1v) is 14.2. The summed E-state index contributed by atoms with van der Waals surface area (Å²) in [5, 5.41) is 0. The minimum Gasteiger partial charge on any atom is -0.368 e. The Balaban J connectivity index is 1.15. The topological polar surface area (TPSA) is 30.0 Å². The largest absolute Gasteiger partial charge is 0.416 e. The molecule has 40 heavy (non-hydrogen) atoms. The van der Waals surface area contributed by atoms with Crippen LogP contribution in [0, 0.1) is 5.92 Å². The summed E-state index contributed by atoms with van der Waals surface area (Å²) >= 11 is 0. The van der Waals surface area contributed by atoms with E-state index in [4.69, 9.17) is 0 Å². The van der Waals surface area contributed by atoms with E-state index in [1.54, 1.807) is 6.07 Å². The zero-order chi connectivity index (χ0) is 27.7. The smallest absolute Gasteiger partial charge is 0.368 e. The summed E-state index contributed by atoms with van der Waals surface area (Å²) in [4.78, 5) is 22.9. The minimum atomic E-state index is -4.37. The molecule has 2 unspecified atom stereocenters. The zero-order valence-electron chi connectivity index (χ0n) is 22.6. The van der Waals surface area contributed by atoms with Gasteiger partial charge in [-0.2, -0.15) is 13.2 Å². The molecule has 2 fully saturated rings. The Morgan fingerprint density at radius 1 is 0.825 bits per heavy atom. The maximum Gasteiger partial charge on any atom is 0.416 e. The highest BCUT2D eigenvalue weighted by Gasteiger charge is 2.43. The fourth-order valence-electron chi connectivity index (χ4n) is 6.53. The zero-order valence-corrected chi connectivity index (χ0v) is 22.6. The fraction of sp³-hybridized carbons (Fsp3) is 0.406. The van der Waals surface area contributed by atoms with Gasteiger partial charge in [-0.05, 0) is 48.2 Å². The maximum atomic E-state index is 14.0. The SMILES string of the molecule is O=C(C1Cc2ccccc2N2CCN(CCc3ccccc3)CC12)N1CCN(c2cccc(C(F)(F)F)c2)CC1. The molecular weight excluding hydrogens is 513 g/mol. The Kier molecular flexibility index (Phi) is 7.45. The lowest BCUT2D eigenvalue weighted by Gasteiger charge is -2.50. The van der Waals surface area contributed by atoms with Crippen molar-refractivity contribution in [2.45, 2.75) is 25.1 Å². The molecule has 5 nitrogen and oxygen atoms in total. The van der Waals surface area contributed by atoms with Gasteiger partial charge in [0.15, 0.2) is 0 Å². The van der Waals surface area contributed by atoms with E-state index in [1.807, 2.05) is 21.9 Å². The van der Waals surface area contributed by atoms with E-state index >= 15 is 0 Å². The number of alkyl halides is 3.